The maximum Gasteiger partial charge on any atom is 0.168 e. The largest absolute Gasteiger partial charge is 0.512 e. The number of carbonyl (C=O) groups excluding carboxylic acids is 1. The smallest absolute Gasteiger partial charge is 0.168 e. The first-order valence-electron chi connectivity index (χ1n) is 11.5. The second-order valence-electron chi connectivity index (χ2n) is 7.84. The molecule has 0 unspecified atom stereocenters. The molecular formula is C27H33NO4. The van der Waals surface area contributed by atoms with Gasteiger partial charge in [0, 0.05) is 25.1 Å². The van der Waals surface area contributed by atoms with Gasteiger partial charge in [0.1, 0.15) is 5.76 Å². The number of carbonyl (C=O) groups is 1. The Kier molecular flexibility index (Phi) is 8.48. The van der Waals surface area contributed by atoms with Gasteiger partial charge < -0.3 is 14.6 Å². The van der Waals surface area contributed by atoms with Crippen molar-refractivity contribution >= 4 is 11.5 Å². The van der Waals surface area contributed by atoms with Crippen molar-refractivity contribution in [3.8, 4) is 11.5 Å². The van der Waals surface area contributed by atoms with Crippen molar-refractivity contribution in [3.05, 3.63) is 71.0 Å². The number of hydrogen-bond acceptors (Lipinski definition) is 5. The number of nitrogens with zero attached hydrogens (tertiary/aromatic N) is 1. The minimum absolute atomic E-state index is 0.0251. The lowest BCUT2D eigenvalue weighted by molar-refractivity contribution is -0.115. The highest BCUT2D eigenvalue weighted by Crippen LogP contribution is 2.34. The lowest BCUT2D eigenvalue weighted by atomic mass is 9.79. The highest BCUT2D eigenvalue weighted by molar-refractivity contribution is 6.24. The molecule has 1 aliphatic rings. The van der Waals surface area contributed by atoms with E-state index in [-0.39, 0.29) is 17.5 Å². The molecule has 3 rings (SSSR count). The van der Waals surface area contributed by atoms with Crippen molar-refractivity contribution in [2.24, 2.45) is 4.99 Å². The predicted molar refractivity (Wildman–Crippen MR) is 128 cm³/mol. The van der Waals surface area contributed by atoms with Crippen molar-refractivity contribution in [2.75, 3.05) is 19.8 Å². The third kappa shape index (κ3) is 5.78. The summed E-state index contributed by atoms with van der Waals surface area (Å²) in [6.07, 6.45) is 2.19. The molecule has 1 saturated carbocycles. The van der Waals surface area contributed by atoms with Gasteiger partial charge in [-0.2, -0.15) is 0 Å². The van der Waals surface area contributed by atoms with Crippen LogP contribution in [0.25, 0.3) is 0 Å². The molecule has 170 valence electrons. The second kappa shape index (κ2) is 11.5. The van der Waals surface area contributed by atoms with E-state index >= 15 is 0 Å². The lowest BCUT2D eigenvalue weighted by Gasteiger charge is -2.26. The Morgan fingerprint density at radius 1 is 1.00 bits per heavy atom. The SMILES string of the molecule is CCOc1ccc(CCN=C2C[C@@H](c3ccccc3)CC(=O)C2=C(O)CC)cc1OCC. The number of allylic oxidation sites excluding steroid dienone is 2. The summed E-state index contributed by atoms with van der Waals surface area (Å²) in [4.78, 5) is 17.7. The minimum Gasteiger partial charge on any atom is -0.512 e. The summed E-state index contributed by atoms with van der Waals surface area (Å²) in [5.41, 5.74) is 3.36. The molecule has 1 fully saturated rings. The molecule has 5 heteroatoms. The van der Waals surface area contributed by atoms with E-state index in [0.717, 1.165) is 22.6 Å². The summed E-state index contributed by atoms with van der Waals surface area (Å²) in [6.45, 7) is 7.44. The number of aliphatic hydroxyl groups is 1. The van der Waals surface area contributed by atoms with Gasteiger partial charge in [0.2, 0.25) is 0 Å². The summed E-state index contributed by atoms with van der Waals surface area (Å²) >= 11 is 0. The Balaban J connectivity index is 1.80. The van der Waals surface area contributed by atoms with E-state index in [1.165, 1.54) is 0 Å². The molecule has 1 N–H and O–H groups in total. The molecule has 2 aromatic rings. The van der Waals surface area contributed by atoms with Crippen molar-refractivity contribution < 1.29 is 19.4 Å². The Morgan fingerprint density at radius 3 is 2.41 bits per heavy atom. The van der Waals surface area contributed by atoms with Crippen LogP contribution in [0.15, 0.2) is 64.9 Å². The van der Waals surface area contributed by atoms with Crippen LogP contribution in [-0.2, 0) is 11.2 Å². The number of benzene rings is 2. The standard InChI is InChI=1S/C27H33NO4/c1-4-23(29)27-22(17-21(18-24(27)30)20-10-8-7-9-11-20)28-15-14-19-12-13-25(31-5-2)26(16-19)32-6-3/h7-13,16,21,29H,4-6,14-15,17-18H2,1-3H3/t21-/m1/s1. The number of aliphatic imine (C=N–C) groups is 1. The molecule has 1 aliphatic carbocycles. The Labute approximate surface area is 190 Å². The molecule has 0 bridgehead atoms. The van der Waals surface area contributed by atoms with Crippen molar-refractivity contribution in [1.82, 2.24) is 0 Å². The van der Waals surface area contributed by atoms with Gasteiger partial charge in [0.05, 0.1) is 18.8 Å². The summed E-state index contributed by atoms with van der Waals surface area (Å²) in [5.74, 6) is 1.68. The van der Waals surface area contributed by atoms with Crippen LogP contribution in [-0.4, -0.2) is 36.4 Å². The van der Waals surface area contributed by atoms with Gasteiger partial charge in [-0.25, -0.2) is 0 Å². The Morgan fingerprint density at radius 2 is 1.72 bits per heavy atom. The van der Waals surface area contributed by atoms with Crippen LogP contribution in [0.2, 0.25) is 0 Å². The zero-order chi connectivity index (χ0) is 22.9. The first-order valence-corrected chi connectivity index (χ1v) is 11.5. The quantitative estimate of drug-likeness (QED) is 0.397. The first kappa shape index (κ1) is 23.6. The maximum atomic E-state index is 12.9. The zero-order valence-electron chi connectivity index (χ0n) is 19.3. The predicted octanol–water partition coefficient (Wildman–Crippen LogP) is 5.84. The Bertz CT molecular complexity index is 978. The molecular weight excluding hydrogens is 402 g/mol. The third-order valence-electron chi connectivity index (χ3n) is 5.64. The van der Waals surface area contributed by atoms with Crippen LogP contribution < -0.4 is 9.47 Å². The fourth-order valence-electron chi connectivity index (χ4n) is 4.07. The number of ketones is 1. The van der Waals surface area contributed by atoms with Gasteiger partial charge in [0.25, 0.3) is 0 Å². The lowest BCUT2D eigenvalue weighted by Crippen LogP contribution is -2.27. The van der Waals surface area contributed by atoms with Crippen LogP contribution in [0.4, 0.5) is 0 Å². The topological polar surface area (TPSA) is 68.1 Å². The number of aliphatic hydroxyl groups excluding tert-OH is 1. The molecule has 5 nitrogen and oxygen atoms in total. The van der Waals surface area contributed by atoms with E-state index in [4.69, 9.17) is 14.5 Å². The van der Waals surface area contributed by atoms with Gasteiger partial charge in [-0.05, 0) is 55.9 Å². The van der Waals surface area contributed by atoms with Crippen LogP contribution in [0.1, 0.15) is 57.1 Å². The van der Waals surface area contributed by atoms with Crippen molar-refractivity contribution in [1.29, 1.82) is 0 Å². The molecule has 0 spiro atoms. The number of rotatable bonds is 9. The molecule has 0 radical (unpaired) electrons. The fourth-order valence-corrected chi connectivity index (χ4v) is 4.07. The van der Waals surface area contributed by atoms with Crippen LogP contribution in [0, 0.1) is 0 Å². The number of hydrogen-bond donors (Lipinski definition) is 1. The highest BCUT2D eigenvalue weighted by atomic mass is 16.5. The Hall–Kier alpha value is -3.08. The van der Waals surface area contributed by atoms with E-state index in [1.54, 1.807) is 0 Å². The van der Waals surface area contributed by atoms with Crippen molar-refractivity contribution in [2.45, 2.75) is 52.4 Å². The van der Waals surface area contributed by atoms with E-state index in [9.17, 15) is 9.90 Å². The first-order chi connectivity index (χ1) is 15.6. The number of ether oxygens (including phenoxy) is 2. The average molecular weight is 436 g/mol. The van der Waals surface area contributed by atoms with Crippen LogP contribution >= 0.6 is 0 Å². The van der Waals surface area contributed by atoms with Gasteiger partial charge in [-0.1, -0.05) is 43.3 Å². The summed E-state index contributed by atoms with van der Waals surface area (Å²) < 4.78 is 11.4. The molecule has 0 aromatic heterocycles. The zero-order valence-corrected chi connectivity index (χ0v) is 19.3. The van der Waals surface area contributed by atoms with Gasteiger partial charge >= 0.3 is 0 Å². The van der Waals surface area contributed by atoms with Crippen molar-refractivity contribution in [3.63, 3.8) is 0 Å². The molecule has 0 saturated heterocycles. The monoisotopic (exact) mass is 435 g/mol. The summed E-state index contributed by atoms with van der Waals surface area (Å²) in [7, 11) is 0. The second-order valence-corrected chi connectivity index (χ2v) is 7.84. The molecule has 1 atom stereocenters. The molecule has 0 heterocycles. The average Bonchev–Trinajstić information content (AvgIpc) is 2.81. The van der Waals surface area contributed by atoms with Crippen LogP contribution in [0.3, 0.4) is 0 Å². The maximum absolute atomic E-state index is 12.9. The van der Waals surface area contributed by atoms with Gasteiger partial charge in [0.15, 0.2) is 17.3 Å². The molecule has 32 heavy (non-hydrogen) atoms. The normalized spacial score (nSPS) is 19.2. The molecule has 0 amide bonds. The van der Waals surface area contributed by atoms with E-state index in [2.05, 4.69) is 12.1 Å². The highest BCUT2D eigenvalue weighted by Gasteiger charge is 2.31. The van der Waals surface area contributed by atoms with Gasteiger partial charge in [-0.15, -0.1) is 0 Å². The van der Waals surface area contributed by atoms with E-state index in [0.29, 0.717) is 56.7 Å². The number of Topliss-reactive ketones (excluding diaryl/α,β-unsaturated/α-hetero) is 1. The van der Waals surface area contributed by atoms with Crippen LogP contribution in [0.5, 0.6) is 11.5 Å². The minimum atomic E-state index is -0.0251. The third-order valence-corrected chi connectivity index (χ3v) is 5.64. The fraction of sp³-hybridized carbons (Fsp3) is 0.407. The summed E-state index contributed by atoms with van der Waals surface area (Å²) in [6, 6.07) is 16.0. The molecule has 0 aliphatic heterocycles. The molecule has 2 aromatic carbocycles. The van der Waals surface area contributed by atoms with E-state index < -0.39 is 0 Å². The summed E-state index contributed by atoms with van der Waals surface area (Å²) in [5, 5.41) is 10.4. The van der Waals surface area contributed by atoms with Gasteiger partial charge in [-0.3, -0.25) is 9.79 Å². The van der Waals surface area contributed by atoms with E-state index in [1.807, 2.05) is 57.2 Å².